The molecule has 0 radical (unpaired) electrons. The number of rotatable bonds is 4. The van der Waals surface area contributed by atoms with E-state index in [1.165, 1.54) is 0 Å². The summed E-state index contributed by atoms with van der Waals surface area (Å²) in [6.45, 7) is 3.22. The average Bonchev–Trinajstić information content (AvgIpc) is 2.20. The molecule has 0 aromatic rings. The molecule has 1 fully saturated rings. The number of likely N-dealkylation sites (tertiary alicyclic amines) is 1. The molecule has 4 heteroatoms. The van der Waals surface area contributed by atoms with Crippen molar-refractivity contribution in [1.82, 2.24) is 4.90 Å². The summed E-state index contributed by atoms with van der Waals surface area (Å²) in [5, 5.41) is 0. The molecule has 1 aliphatic rings. The molecule has 1 atom stereocenters. The number of methoxy groups -OCH3 is 1. The van der Waals surface area contributed by atoms with E-state index in [1.54, 1.807) is 7.11 Å². The Balaban J connectivity index is 2.80. The number of piperidine rings is 1. The molecule has 90 valence electrons. The maximum atomic E-state index is 13.9. The van der Waals surface area contributed by atoms with E-state index in [1.807, 2.05) is 18.9 Å². The van der Waals surface area contributed by atoms with Gasteiger partial charge in [0.2, 0.25) is 0 Å². The summed E-state index contributed by atoms with van der Waals surface area (Å²) in [6.07, 6.45) is 0.923. The standard InChI is InChI=1S/C11H21F2NO/c1-4-10(6-8-15-3)9-14(2)7-5-11(10,12)13/h4-9H2,1-3H3. The highest BCUT2D eigenvalue weighted by Gasteiger charge is 2.54. The zero-order valence-corrected chi connectivity index (χ0v) is 9.85. The van der Waals surface area contributed by atoms with Gasteiger partial charge in [-0.2, -0.15) is 0 Å². The number of ether oxygens (including phenoxy) is 1. The van der Waals surface area contributed by atoms with Crippen LogP contribution in [0.25, 0.3) is 0 Å². The first kappa shape index (κ1) is 12.8. The van der Waals surface area contributed by atoms with Crippen LogP contribution >= 0.6 is 0 Å². The molecule has 0 aromatic heterocycles. The second-order valence-corrected chi connectivity index (χ2v) is 4.57. The molecule has 0 amide bonds. The minimum Gasteiger partial charge on any atom is -0.385 e. The largest absolute Gasteiger partial charge is 0.385 e. The van der Waals surface area contributed by atoms with Gasteiger partial charge in [0.25, 0.3) is 5.92 Å². The molecule has 0 aliphatic carbocycles. The van der Waals surface area contributed by atoms with Crippen LogP contribution in [0.2, 0.25) is 0 Å². The molecular weight excluding hydrogens is 200 g/mol. The number of halogens is 2. The molecule has 15 heavy (non-hydrogen) atoms. The van der Waals surface area contributed by atoms with Crippen molar-refractivity contribution < 1.29 is 13.5 Å². The number of nitrogens with zero attached hydrogens (tertiary/aromatic N) is 1. The minimum absolute atomic E-state index is 0.0267. The molecule has 1 heterocycles. The highest BCUT2D eigenvalue weighted by Crippen LogP contribution is 2.47. The van der Waals surface area contributed by atoms with Gasteiger partial charge in [-0.05, 0) is 19.9 Å². The predicted octanol–water partition coefficient (Wildman–Crippen LogP) is 2.39. The van der Waals surface area contributed by atoms with Crippen LogP contribution in [-0.2, 0) is 4.74 Å². The number of hydrogen-bond donors (Lipinski definition) is 0. The molecule has 1 saturated heterocycles. The second-order valence-electron chi connectivity index (χ2n) is 4.57. The van der Waals surface area contributed by atoms with Crippen LogP contribution in [0.1, 0.15) is 26.2 Å². The normalized spacial score (nSPS) is 31.8. The zero-order chi connectivity index (χ0) is 11.5. The molecular formula is C11H21F2NO. The Hall–Kier alpha value is -0.220. The molecule has 0 aromatic carbocycles. The number of alkyl halides is 2. The lowest BCUT2D eigenvalue weighted by Crippen LogP contribution is -2.54. The van der Waals surface area contributed by atoms with Gasteiger partial charge < -0.3 is 9.64 Å². The van der Waals surface area contributed by atoms with Gasteiger partial charge in [0, 0.05) is 38.6 Å². The lowest BCUT2D eigenvalue weighted by atomic mass is 9.72. The van der Waals surface area contributed by atoms with Gasteiger partial charge >= 0.3 is 0 Å². The SMILES string of the molecule is CCC1(CCOC)CN(C)CCC1(F)F. The third kappa shape index (κ3) is 2.48. The summed E-state index contributed by atoms with van der Waals surface area (Å²) in [5.74, 6) is -2.55. The second kappa shape index (κ2) is 4.74. The average molecular weight is 221 g/mol. The molecule has 0 N–H and O–H groups in total. The Morgan fingerprint density at radius 1 is 1.40 bits per heavy atom. The molecule has 0 spiro atoms. The monoisotopic (exact) mass is 221 g/mol. The van der Waals surface area contributed by atoms with Gasteiger partial charge in [-0.3, -0.25) is 0 Å². The van der Waals surface area contributed by atoms with Crippen LogP contribution in [0.5, 0.6) is 0 Å². The number of hydrogen-bond acceptors (Lipinski definition) is 2. The lowest BCUT2D eigenvalue weighted by Gasteiger charge is -2.46. The summed E-state index contributed by atoms with van der Waals surface area (Å²) >= 11 is 0. The van der Waals surface area contributed by atoms with E-state index < -0.39 is 11.3 Å². The minimum atomic E-state index is -2.55. The maximum Gasteiger partial charge on any atom is 0.256 e. The highest BCUT2D eigenvalue weighted by atomic mass is 19.3. The highest BCUT2D eigenvalue weighted by molar-refractivity contribution is 4.97. The first-order valence-electron chi connectivity index (χ1n) is 5.53. The van der Waals surface area contributed by atoms with Crippen molar-refractivity contribution in [1.29, 1.82) is 0 Å². The molecule has 0 bridgehead atoms. The Kier molecular flexibility index (Phi) is 4.06. The molecule has 1 unspecified atom stereocenters. The topological polar surface area (TPSA) is 12.5 Å². The van der Waals surface area contributed by atoms with Gasteiger partial charge in [-0.25, -0.2) is 8.78 Å². The van der Waals surface area contributed by atoms with Crippen molar-refractivity contribution in [3.8, 4) is 0 Å². The zero-order valence-electron chi connectivity index (χ0n) is 9.85. The summed E-state index contributed by atoms with van der Waals surface area (Å²) in [7, 11) is 3.47. The molecule has 0 saturated carbocycles. The van der Waals surface area contributed by atoms with Crippen molar-refractivity contribution in [3.05, 3.63) is 0 Å². The van der Waals surface area contributed by atoms with Crippen molar-refractivity contribution in [2.45, 2.75) is 32.1 Å². The van der Waals surface area contributed by atoms with E-state index in [4.69, 9.17) is 4.74 Å². The molecule has 1 rings (SSSR count). The van der Waals surface area contributed by atoms with Crippen LogP contribution in [0, 0.1) is 5.41 Å². The van der Waals surface area contributed by atoms with Crippen molar-refractivity contribution in [2.75, 3.05) is 33.9 Å². The Bertz CT molecular complexity index is 211. The predicted molar refractivity (Wildman–Crippen MR) is 56.3 cm³/mol. The Labute approximate surface area is 90.6 Å². The van der Waals surface area contributed by atoms with Crippen LogP contribution in [-0.4, -0.2) is 44.7 Å². The van der Waals surface area contributed by atoms with E-state index >= 15 is 0 Å². The quantitative estimate of drug-likeness (QED) is 0.722. The fraction of sp³-hybridized carbons (Fsp3) is 1.00. The van der Waals surface area contributed by atoms with Crippen molar-refractivity contribution >= 4 is 0 Å². The first-order chi connectivity index (χ1) is 6.97. The fourth-order valence-corrected chi connectivity index (χ4v) is 2.41. The van der Waals surface area contributed by atoms with Crippen LogP contribution in [0.3, 0.4) is 0 Å². The van der Waals surface area contributed by atoms with Crippen molar-refractivity contribution in [2.24, 2.45) is 5.41 Å². The Morgan fingerprint density at radius 2 is 2.07 bits per heavy atom. The van der Waals surface area contributed by atoms with Gasteiger partial charge in [-0.1, -0.05) is 6.92 Å². The van der Waals surface area contributed by atoms with E-state index in [0.717, 1.165) is 0 Å². The molecule has 1 aliphatic heterocycles. The molecule has 2 nitrogen and oxygen atoms in total. The van der Waals surface area contributed by atoms with Gasteiger partial charge in [0.05, 0.1) is 0 Å². The maximum absolute atomic E-state index is 13.9. The fourth-order valence-electron chi connectivity index (χ4n) is 2.41. The van der Waals surface area contributed by atoms with E-state index in [9.17, 15) is 8.78 Å². The van der Waals surface area contributed by atoms with E-state index in [0.29, 0.717) is 32.5 Å². The van der Waals surface area contributed by atoms with Gasteiger partial charge in [0.1, 0.15) is 0 Å². The van der Waals surface area contributed by atoms with Crippen LogP contribution in [0.15, 0.2) is 0 Å². The Morgan fingerprint density at radius 3 is 2.60 bits per heavy atom. The van der Waals surface area contributed by atoms with Crippen molar-refractivity contribution in [3.63, 3.8) is 0 Å². The summed E-state index contributed by atoms with van der Waals surface area (Å²) in [5.41, 5.74) is -0.893. The van der Waals surface area contributed by atoms with Crippen LogP contribution in [0.4, 0.5) is 8.78 Å². The van der Waals surface area contributed by atoms with Gasteiger partial charge in [-0.15, -0.1) is 0 Å². The third-order valence-electron chi connectivity index (χ3n) is 3.62. The summed E-state index contributed by atoms with van der Waals surface area (Å²) in [6, 6.07) is 0. The van der Waals surface area contributed by atoms with E-state index in [2.05, 4.69) is 0 Å². The van der Waals surface area contributed by atoms with Gasteiger partial charge in [0.15, 0.2) is 0 Å². The first-order valence-corrected chi connectivity index (χ1v) is 5.53. The third-order valence-corrected chi connectivity index (χ3v) is 3.62. The van der Waals surface area contributed by atoms with E-state index in [-0.39, 0.29) is 6.42 Å². The summed E-state index contributed by atoms with van der Waals surface area (Å²) < 4.78 is 32.8. The van der Waals surface area contributed by atoms with Crippen LogP contribution < -0.4 is 0 Å². The summed E-state index contributed by atoms with van der Waals surface area (Å²) in [4.78, 5) is 2.00. The lowest BCUT2D eigenvalue weighted by molar-refractivity contribution is -0.173. The smallest absolute Gasteiger partial charge is 0.256 e.